The second-order valence-electron chi connectivity index (χ2n) is 3.61. The number of carbonyl (C=O) groups is 1. The number of benzene rings is 1. The monoisotopic (exact) mass is 247 g/mol. The Morgan fingerprint density at radius 2 is 2.06 bits per heavy atom. The lowest BCUT2D eigenvalue weighted by atomic mass is 10.2. The summed E-state index contributed by atoms with van der Waals surface area (Å²) in [6, 6.07) is 6.88. The Hall–Kier alpha value is -2.50. The Kier molecular flexibility index (Phi) is 3.47. The average Bonchev–Trinajstić information content (AvgIpc) is 2.38. The minimum Gasteiger partial charge on any atom is -0.347 e. The minimum absolute atomic E-state index is 0.0425. The highest BCUT2D eigenvalue weighted by Crippen LogP contribution is 2.02. The molecule has 0 spiro atoms. The molecule has 0 radical (unpaired) electrons. The van der Waals surface area contributed by atoms with Gasteiger partial charge in [-0.2, -0.15) is 0 Å². The maximum Gasteiger partial charge on any atom is 0.270 e. The number of aromatic nitrogens is 2. The van der Waals surface area contributed by atoms with Gasteiger partial charge in [-0.25, -0.2) is 9.37 Å². The van der Waals surface area contributed by atoms with E-state index in [2.05, 4.69) is 15.3 Å². The molecule has 2 N–H and O–H groups in total. The fourth-order valence-electron chi connectivity index (χ4n) is 1.37. The smallest absolute Gasteiger partial charge is 0.270 e. The number of hydrogen-bond acceptors (Lipinski definition) is 3. The van der Waals surface area contributed by atoms with Gasteiger partial charge >= 0.3 is 0 Å². The Bertz CT molecular complexity index is 607. The first-order valence-corrected chi connectivity index (χ1v) is 5.22. The zero-order chi connectivity index (χ0) is 13.0. The van der Waals surface area contributed by atoms with Gasteiger partial charge in [-0.05, 0) is 17.7 Å². The summed E-state index contributed by atoms with van der Waals surface area (Å²) < 4.78 is 12.7. The van der Waals surface area contributed by atoms with Crippen molar-refractivity contribution in [2.45, 2.75) is 6.54 Å². The average molecular weight is 247 g/mol. The number of H-pyrrole nitrogens is 1. The summed E-state index contributed by atoms with van der Waals surface area (Å²) in [5.41, 5.74) is 0.410. The molecule has 0 atom stereocenters. The van der Waals surface area contributed by atoms with E-state index in [0.717, 1.165) is 18.0 Å². The van der Waals surface area contributed by atoms with Crippen molar-refractivity contribution < 1.29 is 9.18 Å². The van der Waals surface area contributed by atoms with Crippen LogP contribution in [-0.2, 0) is 6.54 Å². The van der Waals surface area contributed by atoms with Gasteiger partial charge < -0.3 is 10.3 Å². The van der Waals surface area contributed by atoms with Crippen LogP contribution in [0, 0.1) is 5.82 Å². The van der Waals surface area contributed by atoms with Crippen LogP contribution < -0.4 is 10.9 Å². The van der Waals surface area contributed by atoms with Crippen LogP contribution >= 0.6 is 0 Å². The number of carbonyl (C=O) groups excluding carboxylic acids is 1. The lowest BCUT2D eigenvalue weighted by molar-refractivity contribution is 0.0945. The molecule has 0 saturated carbocycles. The topological polar surface area (TPSA) is 74.8 Å². The van der Waals surface area contributed by atoms with E-state index in [-0.39, 0.29) is 18.1 Å². The summed E-state index contributed by atoms with van der Waals surface area (Å²) in [7, 11) is 0. The number of amides is 1. The van der Waals surface area contributed by atoms with Crippen molar-refractivity contribution in [2.75, 3.05) is 0 Å². The van der Waals surface area contributed by atoms with E-state index in [1.165, 1.54) is 12.1 Å². The summed E-state index contributed by atoms with van der Waals surface area (Å²) in [5, 5.41) is 2.59. The molecule has 1 amide bonds. The maximum atomic E-state index is 12.7. The third-order valence-corrected chi connectivity index (χ3v) is 2.28. The Labute approximate surface area is 102 Å². The Morgan fingerprint density at radius 1 is 1.33 bits per heavy atom. The van der Waals surface area contributed by atoms with Crippen molar-refractivity contribution in [1.82, 2.24) is 15.3 Å². The minimum atomic E-state index is -0.453. The fourth-order valence-corrected chi connectivity index (χ4v) is 1.37. The van der Waals surface area contributed by atoms with Gasteiger partial charge in [0.05, 0.1) is 6.33 Å². The summed E-state index contributed by atoms with van der Waals surface area (Å²) in [4.78, 5) is 28.7. The highest BCUT2D eigenvalue weighted by Gasteiger charge is 2.06. The Balaban J connectivity index is 2.00. The van der Waals surface area contributed by atoms with Crippen molar-refractivity contribution in [2.24, 2.45) is 0 Å². The van der Waals surface area contributed by atoms with Crippen LogP contribution in [0.4, 0.5) is 4.39 Å². The second kappa shape index (κ2) is 5.22. The maximum absolute atomic E-state index is 12.7. The van der Waals surface area contributed by atoms with E-state index in [1.54, 1.807) is 12.1 Å². The highest BCUT2D eigenvalue weighted by molar-refractivity contribution is 5.91. The predicted molar refractivity (Wildman–Crippen MR) is 62.4 cm³/mol. The van der Waals surface area contributed by atoms with Gasteiger partial charge in [-0.3, -0.25) is 9.59 Å². The fraction of sp³-hybridized carbons (Fsp3) is 0.0833. The number of nitrogens with one attached hydrogen (secondary N) is 2. The molecule has 92 valence electrons. The molecule has 0 fully saturated rings. The first-order valence-electron chi connectivity index (χ1n) is 5.22. The van der Waals surface area contributed by atoms with Gasteiger partial charge in [0.1, 0.15) is 11.5 Å². The molecule has 5 nitrogen and oxygen atoms in total. The molecule has 0 unspecified atom stereocenters. The molecule has 0 bridgehead atoms. The highest BCUT2D eigenvalue weighted by atomic mass is 19.1. The van der Waals surface area contributed by atoms with Crippen LogP contribution in [0.2, 0.25) is 0 Å². The van der Waals surface area contributed by atoms with Gasteiger partial charge in [0, 0.05) is 12.6 Å². The molecule has 0 saturated heterocycles. The van der Waals surface area contributed by atoms with Crippen LogP contribution in [0.1, 0.15) is 16.1 Å². The standard InChI is InChI=1S/C12H10FN3O2/c13-9-3-1-8(2-4-9)6-14-12(18)10-5-11(17)16-7-15-10/h1-5,7H,6H2,(H,14,18)(H,15,16,17). The molecular formula is C12H10FN3O2. The van der Waals surface area contributed by atoms with E-state index in [1.807, 2.05) is 0 Å². The third-order valence-electron chi connectivity index (χ3n) is 2.28. The lowest BCUT2D eigenvalue weighted by Crippen LogP contribution is -2.25. The van der Waals surface area contributed by atoms with Crippen molar-refractivity contribution in [3.63, 3.8) is 0 Å². The molecule has 2 rings (SSSR count). The summed E-state index contributed by atoms with van der Waals surface area (Å²) >= 11 is 0. The third kappa shape index (κ3) is 3.00. The van der Waals surface area contributed by atoms with Crippen LogP contribution in [-0.4, -0.2) is 15.9 Å². The summed E-state index contributed by atoms with van der Waals surface area (Å²) in [6.07, 6.45) is 1.16. The molecule has 0 aliphatic carbocycles. The Morgan fingerprint density at radius 3 is 2.72 bits per heavy atom. The SMILES string of the molecule is O=C(NCc1ccc(F)cc1)c1cc(=O)[nH]cn1. The largest absolute Gasteiger partial charge is 0.347 e. The number of nitrogens with zero attached hydrogens (tertiary/aromatic N) is 1. The lowest BCUT2D eigenvalue weighted by Gasteiger charge is -2.04. The van der Waals surface area contributed by atoms with Crippen LogP contribution in [0.25, 0.3) is 0 Å². The number of hydrogen-bond donors (Lipinski definition) is 2. The van der Waals surface area contributed by atoms with E-state index >= 15 is 0 Å². The van der Waals surface area contributed by atoms with E-state index in [4.69, 9.17) is 0 Å². The van der Waals surface area contributed by atoms with Gasteiger partial charge in [0.25, 0.3) is 11.5 Å². The normalized spacial score (nSPS) is 10.1. The van der Waals surface area contributed by atoms with Crippen LogP contribution in [0.5, 0.6) is 0 Å². The van der Waals surface area contributed by atoms with Gasteiger partial charge in [-0.1, -0.05) is 12.1 Å². The first-order chi connectivity index (χ1) is 8.65. The van der Waals surface area contributed by atoms with Crippen molar-refractivity contribution in [3.8, 4) is 0 Å². The van der Waals surface area contributed by atoms with Gasteiger partial charge in [-0.15, -0.1) is 0 Å². The van der Waals surface area contributed by atoms with Gasteiger partial charge in [0.15, 0.2) is 0 Å². The van der Waals surface area contributed by atoms with Crippen molar-refractivity contribution in [3.05, 3.63) is 64.1 Å². The molecular weight excluding hydrogens is 237 g/mol. The molecule has 18 heavy (non-hydrogen) atoms. The number of halogens is 1. The number of aromatic amines is 1. The second-order valence-corrected chi connectivity index (χ2v) is 3.61. The molecule has 1 aromatic carbocycles. The first kappa shape index (κ1) is 12.0. The molecule has 1 aromatic heterocycles. The van der Waals surface area contributed by atoms with Crippen molar-refractivity contribution in [1.29, 1.82) is 0 Å². The van der Waals surface area contributed by atoms with Crippen LogP contribution in [0.3, 0.4) is 0 Å². The molecule has 0 aliphatic rings. The predicted octanol–water partition coefficient (Wildman–Crippen LogP) is 0.839. The van der Waals surface area contributed by atoms with Crippen molar-refractivity contribution >= 4 is 5.91 Å². The molecule has 2 aromatic rings. The molecule has 0 aliphatic heterocycles. The molecule has 1 heterocycles. The van der Waals surface area contributed by atoms with Crippen LogP contribution in [0.15, 0.2) is 41.5 Å². The van der Waals surface area contributed by atoms with E-state index in [9.17, 15) is 14.0 Å². The zero-order valence-corrected chi connectivity index (χ0v) is 9.31. The number of rotatable bonds is 3. The molecule has 6 heteroatoms. The summed E-state index contributed by atoms with van der Waals surface area (Å²) in [5.74, 6) is -0.785. The quantitative estimate of drug-likeness (QED) is 0.843. The van der Waals surface area contributed by atoms with E-state index in [0.29, 0.717) is 0 Å². The van der Waals surface area contributed by atoms with E-state index < -0.39 is 11.5 Å². The zero-order valence-electron chi connectivity index (χ0n) is 9.31. The van der Waals surface area contributed by atoms with Gasteiger partial charge in [0.2, 0.25) is 0 Å². The summed E-state index contributed by atoms with van der Waals surface area (Å²) in [6.45, 7) is 0.244.